The van der Waals surface area contributed by atoms with Crippen LogP contribution in [-0.4, -0.2) is 42.3 Å². The third kappa shape index (κ3) is 5.41. The maximum absolute atomic E-state index is 12.8. The molecule has 1 unspecified atom stereocenters. The summed E-state index contributed by atoms with van der Waals surface area (Å²) in [6, 6.07) is 15.2. The van der Waals surface area contributed by atoms with Crippen LogP contribution in [0.2, 0.25) is 0 Å². The number of carbonyl (C=O) groups excluding carboxylic acids is 2. The second-order valence-corrected chi connectivity index (χ2v) is 9.42. The number of ether oxygens (including phenoxy) is 1. The minimum absolute atomic E-state index is 0.00609. The Labute approximate surface area is 199 Å². The molecule has 34 heavy (non-hydrogen) atoms. The van der Waals surface area contributed by atoms with Gasteiger partial charge in [0.05, 0.1) is 0 Å². The fourth-order valence-electron chi connectivity index (χ4n) is 4.94. The van der Waals surface area contributed by atoms with E-state index in [-0.39, 0.29) is 36.7 Å². The molecular formula is C27H32N2O5. The molecule has 0 radical (unpaired) electrons. The van der Waals surface area contributed by atoms with Crippen molar-refractivity contribution in [3.63, 3.8) is 0 Å². The molecule has 7 heteroatoms. The maximum atomic E-state index is 12.8. The summed E-state index contributed by atoms with van der Waals surface area (Å²) in [4.78, 5) is 36.5. The van der Waals surface area contributed by atoms with Gasteiger partial charge in [-0.15, -0.1) is 0 Å². The van der Waals surface area contributed by atoms with Crippen molar-refractivity contribution in [3.05, 3.63) is 59.7 Å². The van der Waals surface area contributed by atoms with Crippen molar-refractivity contribution < 1.29 is 24.2 Å². The topological polar surface area (TPSA) is 105 Å². The molecule has 3 N–H and O–H groups in total. The highest BCUT2D eigenvalue weighted by atomic mass is 16.5. The maximum Gasteiger partial charge on any atom is 0.407 e. The van der Waals surface area contributed by atoms with Crippen LogP contribution in [0.4, 0.5) is 4.79 Å². The third-order valence-corrected chi connectivity index (χ3v) is 6.97. The van der Waals surface area contributed by atoms with Gasteiger partial charge in [-0.2, -0.15) is 0 Å². The van der Waals surface area contributed by atoms with E-state index in [1.807, 2.05) is 36.4 Å². The minimum Gasteiger partial charge on any atom is -0.481 e. The van der Waals surface area contributed by atoms with E-state index in [0.717, 1.165) is 47.9 Å². The molecule has 1 saturated carbocycles. The van der Waals surface area contributed by atoms with Crippen LogP contribution in [0.25, 0.3) is 11.1 Å². The third-order valence-electron chi connectivity index (χ3n) is 6.97. The average molecular weight is 465 g/mol. The smallest absolute Gasteiger partial charge is 0.407 e. The zero-order valence-corrected chi connectivity index (χ0v) is 19.5. The number of carboxylic acid groups (broad SMARTS) is 1. The molecule has 2 aliphatic rings. The van der Waals surface area contributed by atoms with Crippen LogP contribution in [0.1, 0.15) is 62.5 Å². The molecular weight excluding hydrogens is 432 g/mol. The summed E-state index contributed by atoms with van der Waals surface area (Å²) in [7, 11) is 0. The Morgan fingerprint density at radius 3 is 2.24 bits per heavy atom. The van der Waals surface area contributed by atoms with E-state index in [0.29, 0.717) is 6.54 Å². The molecule has 0 spiro atoms. The Kier molecular flexibility index (Phi) is 7.20. The van der Waals surface area contributed by atoms with Crippen LogP contribution in [0, 0.1) is 5.41 Å². The molecule has 0 aromatic heterocycles. The summed E-state index contributed by atoms with van der Waals surface area (Å²) in [5.41, 5.74) is 4.62. The average Bonchev–Trinajstić information content (AvgIpc) is 3.53. The van der Waals surface area contributed by atoms with E-state index in [2.05, 4.69) is 29.7 Å². The molecule has 1 fully saturated rings. The fraction of sp³-hybridized carbons (Fsp3) is 0.444. The quantitative estimate of drug-likeness (QED) is 0.456. The first-order valence-corrected chi connectivity index (χ1v) is 12.0. The number of hydrogen-bond donors (Lipinski definition) is 3. The van der Waals surface area contributed by atoms with Gasteiger partial charge in [-0.25, -0.2) is 4.79 Å². The Morgan fingerprint density at radius 2 is 1.68 bits per heavy atom. The molecule has 0 aliphatic heterocycles. The van der Waals surface area contributed by atoms with Crippen LogP contribution < -0.4 is 10.6 Å². The number of nitrogens with one attached hydrogen (secondary N) is 2. The number of benzene rings is 2. The van der Waals surface area contributed by atoms with Crippen LogP contribution in [0.15, 0.2) is 48.5 Å². The summed E-state index contributed by atoms with van der Waals surface area (Å²) in [6.07, 6.45) is 3.33. The molecule has 1 atom stereocenters. The van der Waals surface area contributed by atoms with Gasteiger partial charge in [0.25, 0.3) is 0 Å². The van der Waals surface area contributed by atoms with Gasteiger partial charge in [-0.05, 0) is 53.4 Å². The number of carboxylic acids is 1. The number of rotatable bonds is 11. The van der Waals surface area contributed by atoms with Crippen molar-refractivity contribution in [2.75, 3.05) is 13.2 Å². The van der Waals surface area contributed by atoms with Crippen molar-refractivity contribution in [2.24, 2.45) is 5.41 Å². The second-order valence-electron chi connectivity index (χ2n) is 9.42. The Hall–Kier alpha value is -3.35. The molecule has 2 aromatic rings. The number of hydrogen-bond acceptors (Lipinski definition) is 4. The molecule has 0 bridgehead atoms. The molecule has 0 heterocycles. The predicted molar refractivity (Wildman–Crippen MR) is 128 cm³/mol. The molecule has 2 aromatic carbocycles. The van der Waals surface area contributed by atoms with Crippen molar-refractivity contribution in [1.29, 1.82) is 0 Å². The number of carbonyl (C=O) groups is 3. The Balaban J connectivity index is 1.37. The summed E-state index contributed by atoms with van der Waals surface area (Å²) >= 11 is 0. The van der Waals surface area contributed by atoms with Gasteiger partial charge in [0.15, 0.2) is 0 Å². The van der Waals surface area contributed by atoms with Gasteiger partial charge in [0, 0.05) is 18.9 Å². The lowest BCUT2D eigenvalue weighted by molar-refractivity contribution is -0.137. The second kappa shape index (κ2) is 10.3. The number of alkyl carbamates (subject to hydrolysis) is 1. The number of aliphatic carboxylic acids is 1. The van der Waals surface area contributed by atoms with E-state index < -0.39 is 18.1 Å². The van der Waals surface area contributed by atoms with Crippen molar-refractivity contribution in [1.82, 2.24) is 10.6 Å². The molecule has 180 valence electrons. The van der Waals surface area contributed by atoms with E-state index in [4.69, 9.17) is 9.84 Å². The van der Waals surface area contributed by atoms with Gasteiger partial charge < -0.3 is 20.5 Å². The number of amides is 2. The first-order valence-electron chi connectivity index (χ1n) is 12.0. The van der Waals surface area contributed by atoms with Gasteiger partial charge in [-0.3, -0.25) is 9.59 Å². The number of fused-ring (bicyclic) bond motifs is 3. The van der Waals surface area contributed by atoms with E-state index in [1.165, 1.54) is 0 Å². The first kappa shape index (κ1) is 23.8. The summed E-state index contributed by atoms with van der Waals surface area (Å²) < 4.78 is 5.55. The van der Waals surface area contributed by atoms with Crippen LogP contribution >= 0.6 is 0 Å². The Morgan fingerprint density at radius 1 is 1.06 bits per heavy atom. The van der Waals surface area contributed by atoms with E-state index in [9.17, 15) is 14.4 Å². The molecule has 7 nitrogen and oxygen atoms in total. The SMILES string of the molecule is CCCC1(CNC(=O)C(CCC(=O)O)NC(=O)OCC2c3ccccc3-c3ccccc32)CC1. The largest absolute Gasteiger partial charge is 0.481 e. The molecule has 4 rings (SSSR count). The van der Waals surface area contributed by atoms with Crippen molar-refractivity contribution in [2.45, 2.75) is 57.4 Å². The van der Waals surface area contributed by atoms with Gasteiger partial charge >= 0.3 is 12.1 Å². The van der Waals surface area contributed by atoms with E-state index in [1.54, 1.807) is 0 Å². The molecule has 2 amide bonds. The normalized spacial score (nSPS) is 16.1. The minimum atomic E-state index is -1.02. The fourth-order valence-corrected chi connectivity index (χ4v) is 4.94. The highest BCUT2D eigenvalue weighted by molar-refractivity contribution is 5.86. The zero-order valence-electron chi connectivity index (χ0n) is 19.5. The molecule has 0 saturated heterocycles. The van der Waals surface area contributed by atoms with Crippen molar-refractivity contribution in [3.8, 4) is 11.1 Å². The van der Waals surface area contributed by atoms with E-state index >= 15 is 0 Å². The van der Waals surface area contributed by atoms with Gasteiger partial charge in [-0.1, -0.05) is 61.9 Å². The lowest BCUT2D eigenvalue weighted by atomic mass is 9.98. The van der Waals surface area contributed by atoms with Crippen LogP contribution in [0.5, 0.6) is 0 Å². The summed E-state index contributed by atoms with van der Waals surface area (Å²) in [6.45, 7) is 2.80. The first-order chi connectivity index (χ1) is 16.4. The highest BCUT2D eigenvalue weighted by Gasteiger charge is 2.42. The summed E-state index contributed by atoms with van der Waals surface area (Å²) in [5.74, 6) is -1.47. The molecule has 2 aliphatic carbocycles. The van der Waals surface area contributed by atoms with Crippen LogP contribution in [0.3, 0.4) is 0 Å². The summed E-state index contributed by atoms with van der Waals surface area (Å²) in [5, 5.41) is 14.6. The Bertz CT molecular complexity index is 1020. The standard InChI is InChI=1S/C27H32N2O5/c1-2-13-27(14-15-27)17-28-25(32)23(11-12-24(30)31)29-26(33)34-16-22-20-9-5-3-7-18(20)19-8-4-6-10-21(19)22/h3-10,22-23H,2,11-17H2,1H3,(H,28,32)(H,29,33)(H,30,31). The monoisotopic (exact) mass is 464 g/mol. The zero-order chi connectivity index (χ0) is 24.1. The van der Waals surface area contributed by atoms with Crippen LogP contribution in [-0.2, 0) is 14.3 Å². The van der Waals surface area contributed by atoms with Crippen molar-refractivity contribution >= 4 is 18.0 Å². The highest BCUT2D eigenvalue weighted by Crippen LogP contribution is 2.49. The lowest BCUT2D eigenvalue weighted by Gasteiger charge is -2.21. The predicted octanol–water partition coefficient (Wildman–Crippen LogP) is 4.46. The van der Waals surface area contributed by atoms with Gasteiger partial charge in [0.2, 0.25) is 5.91 Å². The van der Waals surface area contributed by atoms with Gasteiger partial charge in [0.1, 0.15) is 12.6 Å². The lowest BCUT2D eigenvalue weighted by Crippen LogP contribution is -2.48.